The topological polar surface area (TPSA) is 61.9 Å². The molecule has 4 rings (SSSR count). The maximum Gasteiger partial charge on any atom is 0.267 e. The van der Waals surface area contributed by atoms with Crippen molar-refractivity contribution in [3.05, 3.63) is 29.3 Å². The predicted octanol–water partition coefficient (Wildman–Crippen LogP) is 2.65. The Labute approximate surface area is 139 Å². The Morgan fingerprint density at radius 1 is 1.25 bits per heavy atom. The zero-order chi connectivity index (χ0) is 16.9. The van der Waals surface area contributed by atoms with Crippen LogP contribution < -0.4 is 5.73 Å². The zero-order valence-corrected chi connectivity index (χ0v) is 13.3. The first kappa shape index (κ1) is 15.4. The average Bonchev–Trinajstić information content (AvgIpc) is 2.91. The van der Waals surface area contributed by atoms with Gasteiger partial charge in [0.1, 0.15) is 0 Å². The van der Waals surface area contributed by atoms with Gasteiger partial charge >= 0.3 is 0 Å². The summed E-state index contributed by atoms with van der Waals surface area (Å²) >= 11 is 0. The van der Waals surface area contributed by atoms with Crippen molar-refractivity contribution >= 4 is 17.6 Å². The molecule has 1 aromatic carbocycles. The van der Waals surface area contributed by atoms with Crippen LogP contribution in [0.2, 0.25) is 0 Å². The van der Waals surface area contributed by atoms with Gasteiger partial charge in [0.2, 0.25) is 0 Å². The monoisotopic (exact) mass is 334 g/mol. The van der Waals surface area contributed by atoms with Crippen LogP contribution in [0.1, 0.15) is 47.6 Å². The molecule has 1 atom stereocenters. The highest BCUT2D eigenvalue weighted by molar-refractivity contribution is 5.95. The van der Waals surface area contributed by atoms with Gasteiger partial charge < -0.3 is 15.5 Å². The Kier molecular flexibility index (Phi) is 3.47. The fraction of sp³-hybridized carbons (Fsp3) is 0.529. The van der Waals surface area contributed by atoms with Gasteiger partial charge in [-0.2, -0.15) is 0 Å². The number of fused-ring (bicyclic) bond motifs is 3. The molecule has 2 fully saturated rings. The molecular weight excluding hydrogens is 314 g/mol. The molecule has 1 amide bonds. The lowest BCUT2D eigenvalue weighted by Crippen LogP contribution is -2.40. The fourth-order valence-electron chi connectivity index (χ4n) is 3.86. The van der Waals surface area contributed by atoms with E-state index in [9.17, 15) is 13.6 Å². The summed E-state index contributed by atoms with van der Waals surface area (Å²) in [5.41, 5.74) is 7.64. The molecular formula is C17H20F2N4O. The molecule has 0 bridgehead atoms. The molecule has 0 spiro atoms. The smallest absolute Gasteiger partial charge is 0.267 e. The Morgan fingerprint density at radius 3 is 2.75 bits per heavy atom. The summed E-state index contributed by atoms with van der Waals surface area (Å²) in [5, 5.41) is 0. The van der Waals surface area contributed by atoms with Crippen LogP contribution in [0.15, 0.2) is 23.2 Å². The molecule has 24 heavy (non-hydrogen) atoms. The Hall–Kier alpha value is -2.18. The van der Waals surface area contributed by atoms with Crippen molar-refractivity contribution in [2.24, 2.45) is 10.7 Å². The van der Waals surface area contributed by atoms with Crippen molar-refractivity contribution in [2.75, 3.05) is 19.6 Å². The average molecular weight is 334 g/mol. The summed E-state index contributed by atoms with van der Waals surface area (Å²) in [6.07, 6.45) is 2.88. The minimum Gasteiger partial charge on any atom is -0.369 e. The second kappa shape index (κ2) is 5.43. The molecule has 3 heterocycles. The molecule has 5 nitrogen and oxygen atoms in total. The van der Waals surface area contributed by atoms with Crippen molar-refractivity contribution in [2.45, 2.75) is 37.6 Å². The van der Waals surface area contributed by atoms with Crippen molar-refractivity contribution in [3.63, 3.8) is 0 Å². The van der Waals surface area contributed by atoms with Gasteiger partial charge in [0.25, 0.3) is 11.8 Å². The number of piperidine rings is 1. The molecule has 2 N–H and O–H groups in total. The van der Waals surface area contributed by atoms with Gasteiger partial charge in [-0.05, 0) is 37.5 Å². The van der Waals surface area contributed by atoms with E-state index in [0.29, 0.717) is 16.8 Å². The zero-order valence-electron chi connectivity index (χ0n) is 13.3. The first-order valence-electron chi connectivity index (χ1n) is 8.36. The Bertz CT molecular complexity index is 713. The summed E-state index contributed by atoms with van der Waals surface area (Å²) in [7, 11) is 0. The third-order valence-electron chi connectivity index (χ3n) is 5.08. The summed E-state index contributed by atoms with van der Waals surface area (Å²) in [6, 6.07) is 4.64. The molecule has 3 aliphatic rings. The van der Waals surface area contributed by atoms with Crippen LogP contribution in [0.4, 0.5) is 14.5 Å². The number of halogens is 2. The van der Waals surface area contributed by atoms with Gasteiger partial charge in [-0.25, -0.2) is 13.8 Å². The molecule has 7 heteroatoms. The highest BCUT2D eigenvalue weighted by atomic mass is 19.3. The predicted molar refractivity (Wildman–Crippen MR) is 86.5 cm³/mol. The summed E-state index contributed by atoms with van der Waals surface area (Å²) in [5.74, 6) is -2.70. The third kappa shape index (κ3) is 2.52. The first-order valence-corrected chi connectivity index (χ1v) is 8.36. The number of likely N-dealkylation sites (tertiary alicyclic amines) is 1. The van der Waals surface area contributed by atoms with Gasteiger partial charge in [0.05, 0.1) is 18.3 Å². The number of aliphatic imine (C=N–C) groups is 1. The Balaban J connectivity index is 1.68. The minimum atomic E-state index is -2.79. The van der Waals surface area contributed by atoms with Crippen LogP contribution in [-0.2, 0) is 0 Å². The largest absolute Gasteiger partial charge is 0.369 e. The number of hydrogen-bond acceptors (Lipinski definition) is 4. The number of carbonyl (C=O) groups excluding carboxylic acids is 1. The van der Waals surface area contributed by atoms with E-state index in [0.717, 1.165) is 32.4 Å². The standard InChI is InChI=1S/C17H20F2N4O/c18-17(19)9-14-12-8-11(15(24)22-6-2-1-3-7-22)4-5-13(12)21-16(20)23(14)10-17/h4-5,8,14H,1-3,6-7,9-10H2,(H2,20,21). The minimum absolute atomic E-state index is 0.0312. The number of rotatable bonds is 1. The number of nitrogens with zero attached hydrogens (tertiary/aromatic N) is 3. The van der Waals surface area contributed by atoms with E-state index in [2.05, 4.69) is 4.99 Å². The van der Waals surface area contributed by atoms with Crippen LogP contribution in [0.5, 0.6) is 0 Å². The number of guanidine groups is 1. The highest BCUT2D eigenvalue weighted by Gasteiger charge is 2.48. The van der Waals surface area contributed by atoms with Crippen LogP contribution in [0, 0.1) is 0 Å². The van der Waals surface area contributed by atoms with Crippen molar-refractivity contribution < 1.29 is 13.6 Å². The first-order chi connectivity index (χ1) is 11.4. The van der Waals surface area contributed by atoms with Gasteiger partial charge in [0, 0.05) is 30.6 Å². The summed E-state index contributed by atoms with van der Waals surface area (Å²) < 4.78 is 27.7. The fourth-order valence-corrected chi connectivity index (χ4v) is 3.86. The van der Waals surface area contributed by atoms with E-state index < -0.39 is 18.5 Å². The summed E-state index contributed by atoms with van der Waals surface area (Å²) in [4.78, 5) is 20.2. The van der Waals surface area contributed by atoms with Gasteiger partial charge in [-0.1, -0.05) is 0 Å². The van der Waals surface area contributed by atoms with Crippen molar-refractivity contribution in [1.82, 2.24) is 9.80 Å². The number of benzene rings is 1. The molecule has 3 aliphatic heterocycles. The highest BCUT2D eigenvalue weighted by Crippen LogP contribution is 2.46. The van der Waals surface area contributed by atoms with E-state index in [1.807, 2.05) is 4.90 Å². The number of alkyl halides is 2. The lowest BCUT2D eigenvalue weighted by atomic mass is 9.97. The van der Waals surface area contributed by atoms with Gasteiger partial charge in [-0.15, -0.1) is 0 Å². The Morgan fingerprint density at radius 2 is 2.00 bits per heavy atom. The molecule has 2 saturated heterocycles. The summed E-state index contributed by atoms with van der Waals surface area (Å²) in [6.45, 7) is 1.10. The van der Waals surface area contributed by atoms with E-state index in [1.54, 1.807) is 18.2 Å². The van der Waals surface area contributed by atoms with Crippen LogP contribution in [0.25, 0.3) is 0 Å². The normalized spacial score (nSPS) is 25.1. The van der Waals surface area contributed by atoms with E-state index in [1.165, 1.54) is 4.90 Å². The molecule has 128 valence electrons. The lowest BCUT2D eigenvalue weighted by Gasteiger charge is -2.31. The maximum atomic E-state index is 13.8. The van der Waals surface area contributed by atoms with E-state index >= 15 is 0 Å². The molecule has 0 radical (unpaired) electrons. The van der Waals surface area contributed by atoms with Crippen molar-refractivity contribution in [1.29, 1.82) is 0 Å². The molecule has 1 unspecified atom stereocenters. The third-order valence-corrected chi connectivity index (χ3v) is 5.08. The van der Waals surface area contributed by atoms with Gasteiger partial charge in [-0.3, -0.25) is 4.79 Å². The molecule has 1 aromatic rings. The molecule has 0 aliphatic carbocycles. The van der Waals surface area contributed by atoms with E-state index in [-0.39, 0.29) is 18.3 Å². The number of amides is 1. The second-order valence-corrected chi connectivity index (χ2v) is 6.80. The van der Waals surface area contributed by atoms with Crippen LogP contribution in [-0.4, -0.2) is 47.2 Å². The number of carbonyl (C=O) groups is 1. The quantitative estimate of drug-likeness (QED) is 0.859. The second-order valence-electron chi connectivity index (χ2n) is 6.80. The van der Waals surface area contributed by atoms with Gasteiger partial charge in [0.15, 0.2) is 5.96 Å². The van der Waals surface area contributed by atoms with E-state index in [4.69, 9.17) is 5.73 Å². The van der Waals surface area contributed by atoms with Crippen molar-refractivity contribution in [3.8, 4) is 0 Å². The van der Waals surface area contributed by atoms with Crippen LogP contribution in [0.3, 0.4) is 0 Å². The molecule has 0 saturated carbocycles. The maximum absolute atomic E-state index is 13.8. The number of hydrogen-bond donors (Lipinski definition) is 1. The molecule has 0 aromatic heterocycles. The number of nitrogens with two attached hydrogens (primary N) is 1. The van der Waals surface area contributed by atoms with Crippen LogP contribution >= 0.6 is 0 Å². The SMILES string of the molecule is NC1=Nc2ccc(C(=O)N3CCCCC3)cc2C2CC(F)(F)CN12. The lowest BCUT2D eigenvalue weighted by molar-refractivity contribution is 0.0165.